The Morgan fingerprint density at radius 2 is 1.37 bits per heavy atom. The number of hydrogen-bond acceptors (Lipinski definition) is 9. The van der Waals surface area contributed by atoms with Gasteiger partial charge in [0, 0.05) is 41.3 Å². The second-order valence-corrected chi connectivity index (χ2v) is 14.8. The molecule has 0 spiro atoms. The number of benzene rings is 2. The molecule has 0 unspecified atom stereocenters. The van der Waals surface area contributed by atoms with Crippen LogP contribution in [0.1, 0.15) is 50.7 Å². The molecule has 0 aliphatic heterocycles. The molecule has 2 aromatic carbocycles. The molecule has 3 rings (SSSR count). The van der Waals surface area contributed by atoms with Crippen molar-refractivity contribution < 1.29 is 33.6 Å². The largest absolute Gasteiger partial charge is 0.370 e. The summed E-state index contributed by atoms with van der Waals surface area (Å²) in [5.74, 6) is -4.69. The van der Waals surface area contributed by atoms with E-state index < -0.39 is 78.1 Å². The Morgan fingerprint density at radius 3 is 2.00 bits per heavy atom. The highest BCUT2D eigenvalue weighted by atomic mass is 32.2. The van der Waals surface area contributed by atoms with Gasteiger partial charge in [-0.2, -0.15) is 11.8 Å². The van der Waals surface area contributed by atoms with Crippen LogP contribution in [-0.2, 0) is 46.4 Å². The molecule has 1 aromatic heterocycles. The number of nitrogens with two attached hydrogens (primary N) is 2. The summed E-state index contributed by atoms with van der Waals surface area (Å²) < 4.78 is 0. The summed E-state index contributed by atoms with van der Waals surface area (Å²) in [4.78, 5) is 97.6. The quantitative estimate of drug-likeness (QED) is 0.0388. The van der Waals surface area contributed by atoms with Gasteiger partial charge in [0.05, 0.1) is 12.6 Å². The van der Waals surface area contributed by atoms with Crippen molar-refractivity contribution in [2.24, 2.45) is 22.5 Å². The summed E-state index contributed by atoms with van der Waals surface area (Å²) >= 11 is 1.45. The predicted molar refractivity (Wildman–Crippen MR) is 216 cm³/mol. The van der Waals surface area contributed by atoms with E-state index in [0.717, 1.165) is 10.9 Å². The number of para-hydroxylation sites is 1. The number of nitrogens with one attached hydrogen (secondary N) is 6. The summed E-state index contributed by atoms with van der Waals surface area (Å²) in [5.41, 5.74) is 22.2. The molecule has 0 bridgehead atoms. The Morgan fingerprint density at radius 1 is 0.789 bits per heavy atom. The lowest BCUT2D eigenvalue weighted by Crippen LogP contribution is -2.59. The van der Waals surface area contributed by atoms with Crippen molar-refractivity contribution in [1.29, 1.82) is 0 Å². The van der Waals surface area contributed by atoms with Crippen molar-refractivity contribution in [3.05, 3.63) is 82.4 Å². The first kappa shape index (κ1) is 45.5. The highest BCUT2D eigenvalue weighted by Crippen LogP contribution is 2.20. The minimum Gasteiger partial charge on any atom is -0.370 e. The van der Waals surface area contributed by atoms with Crippen molar-refractivity contribution in [1.82, 2.24) is 31.6 Å². The van der Waals surface area contributed by atoms with Gasteiger partial charge in [-0.1, -0.05) is 62.4 Å². The second-order valence-electron chi connectivity index (χ2n) is 13.8. The third-order valence-corrected chi connectivity index (χ3v) is 9.48. The van der Waals surface area contributed by atoms with Crippen LogP contribution in [0.5, 0.6) is 0 Å². The van der Waals surface area contributed by atoms with Gasteiger partial charge in [-0.15, -0.1) is 0 Å². The maximum absolute atomic E-state index is 14.2. The molecular weight excluding hydrogens is 755 g/mol. The van der Waals surface area contributed by atoms with Crippen LogP contribution in [0.25, 0.3) is 21.3 Å². The smallest absolute Gasteiger partial charge is 0.243 e. The average Bonchev–Trinajstić information content (AvgIpc) is 3.58. The molecule has 0 aliphatic carbocycles. The third-order valence-electron chi connectivity index (χ3n) is 8.84. The number of amides is 7. The molecule has 3 aromatic rings. The monoisotopic (exact) mass is 805 g/mol. The van der Waals surface area contributed by atoms with E-state index in [2.05, 4.69) is 41.6 Å². The number of carbonyl (C=O) groups excluding carboxylic acids is 7. The first-order valence-corrected chi connectivity index (χ1v) is 19.8. The Hall–Kier alpha value is -5.91. The molecule has 0 fully saturated rings. The van der Waals surface area contributed by atoms with Gasteiger partial charge in [0.1, 0.15) is 24.2 Å². The fraction of sp³-hybridized carbons (Fsp3) is 0.447. The van der Waals surface area contributed by atoms with Crippen LogP contribution in [0.2, 0.25) is 0 Å². The number of rotatable bonds is 23. The van der Waals surface area contributed by atoms with E-state index in [-0.39, 0.29) is 38.0 Å². The van der Waals surface area contributed by atoms with E-state index in [1.165, 1.54) is 11.8 Å². The normalized spacial score (nSPS) is 13.6. The summed E-state index contributed by atoms with van der Waals surface area (Å²) in [6.45, 7) is 3.20. The number of hydrogen-bond donors (Lipinski definition) is 8. The Kier molecular flexibility index (Phi) is 18.5. The van der Waals surface area contributed by atoms with E-state index in [9.17, 15) is 33.6 Å². The molecule has 1 heterocycles. The molecule has 0 radical (unpaired) electrons. The number of thioether (sulfide) groups is 1. The summed E-state index contributed by atoms with van der Waals surface area (Å²) in [5, 5.41) is 16.8. The maximum atomic E-state index is 14.2. The van der Waals surface area contributed by atoms with Crippen LogP contribution in [0.4, 0.5) is 0 Å². The topological polar surface area (TPSA) is 296 Å². The van der Waals surface area contributed by atoms with Crippen molar-refractivity contribution >= 4 is 64.0 Å². The first-order valence-electron chi connectivity index (χ1n) is 18.4. The van der Waals surface area contributed by atoms with Gasteiger partial charge in [-0.25, -0.2) is 0 Å². The van der Waals surface area contributed by atoms with Crippen molar-refractivity contribution in [3.63, 3.8) is 0 Å². The first-order chi connectivity index (χ1) is 27.2. The zero-order valence-corrected chi connectivity index (χ0v) is 33.0. The molecule has 18 nitrogen and oxygen atoms in total. The summed E-state index contributed by atoms with van der Waals surface area (Å²) in [6.07, 6.45) is 3.49. The molecular formula is C38H51N11O7S. The summed E-state index contributed by atoms with van der Waals surface area (Å²) in [6, 6.07) is 10.1. The van der Waals surface area contributed by atoms with Crippen molar-refractivity contribution in [2.45, 2.75) is 82.6 Å². The van der Waals surface area contributed by atoms with Gasteiger partial charge >= 0.3 is 0 Å². The van der Waals surface area contributed by atoms with Gasteiger partial charge in [0.15, 0.2) is 0 Å². The number of azide groups is 1. The average molecular weight is 806 g/mol. The maximum Gasteiger partial charge on any atom is 0.243 e. The van der Waals surface area contributed by atoms with E-state index in [0.29, 0.717) is 23.3 Å². The highest BCUT2D eigenvalue weighted by molar-refractivity contribution is 7.98. The Bertz CT molecular complexity index is 1920. The third kappa shape index (κ3) is 15.3. The zero-order valence-electron chi connectivity index (χ0n) is 32.2. The molecule has 7 amide bonds. The molecule has 0 saturated carbocycles. The number of carbonyl (C=O) groups is 7. The number of fused-ring (bicyclic) bond motifs is 1. The van der Waals surface area contributed by atoms with Crippen LogP contribution in [-0.4, -0.2) is 95.1 Å². The molecule has 10 N–H and O–H groups in total. The Balaban J connectivity index is 1.94. The van der Waals surface area contributed by atoms with E-state index >= 15 is 0 Å². The number of aromatic amines is 1. The van der Waals surface area contributed by atoms with Gasteiger partial charge < -0.3 is 43.0 Å². The SMILES string of the molecule is CSCC[C@H](NC(=O)[C@@H](N)CC(C)C)C(=O)N[C@@H](CCC(N)=O)C(=O)N[C@@H](Cc1c[nH]c2ccccc12)C(=O)N[C@@H](Cc1ccccc1)C(=O)NCC(=O)N=[N+]=[N-]. The lowest BCUT2D eigenvalue weighted by atomic mass is 10.0. The van der Waals surface area contributed by atoms with Gasteiger partial charge in [0.25, 0.3) is 0 Å². The second kappa shape index (κ2) is 23.2. The van der Waals surface area contributed by atoms with Crippen molar-refractivity contribution in [3.8, 4) is 0 Å². The fourth-order valence-corrected chi connectivity index (χ4v) is 6.40. The molecule has 19 heteroatoms. The number of primary amides is 1. The molecule has 306 valence electrons. The van der Waals surface area contributed by atoms with Gasteiger partial charge in [0.2, 0.25) is 41.4 Å². The highest BCUT2D eigenvalue weighted by Gasteiger charge is 2.33. The lowest BCUT2D eigenvalue weighted by Gasteiger charge is -2.27. The van der Waals surface area contributed by atoms with Gasteiger partial charge in [-0.05, 0) is 65.0 Å². The van der Waals surface area contributed by atoms with Crippen LogP contribution in [0.15, 0.2) is 65.9 Å². The minimum absolute atomic E-state index is 0.0108. The standard InChI is InChI=1S/C38H51N11O7S/c1-22(2)17-26(39)34(52)44-29(15-16-57-3)37(55)45-28(13-14-32(40)50)36(54)47-31(19-24-20-42-27-12-8-7-11-25(24)27)38(56)46-30(18-23-9-5-4-6-10-23)35(53)43-21-33(51)48-49-41/h4-12,20,22,26,28-31,42H,13-19,21,39H2,1-3H3,(H2,40,50)(H,43,53)(H,44,52)(H,45,55)(H,46,56)(H,47,54)/t26-,28-,29-,30-,31-/m0/s1. The van der Waals surface area contributed by atoms with E-state index in [1.54, 1.807) is 36.5 Å². The fourth-order valence-electron chi connectivity index (χ4n) is 5.93. The van der Waals surface area contributed by atoms with Crippen LogP contribution in [0.3, 0.4) is 0 Å². The predicted octanol–water partition coefficient (Wildman–Crippen LogP) is 1.24. The number of aromatic nitrogens is 1. The van der Waals surface area contributed by atoms with Gasteiger partial charge in [-0.3, -0.25) is 33.6 Å². The van der Waals surface area contributed by atoms with Crippen LogP contribution < -0.4 is 38.1 Å². The molecule has 5 atom stereocenters. The van der Waals surface area contributed by atoms with E-state index in [4.69, 9.17) is 17.0 Å². The molecule has 0 saturated heterocycles. The summed E-state index contributed by atoms with van der Waals surface area (Å²) in [7, 11) is 0. The lowest BCUT2D eigenvalue weighted by molar-refractivity contribution is -0.135. The molecule has 57 heavy (non-hydrogen) atoms. The molecule has 0 aliphatic rings. The van der Waals surface area contributed by atoms with E-state index in [1.807, 2.05) is 44.4 Å². The number of H-pyrrole nitrogens is 1. The van der Waals surface area contributed by atoms with Crippen LogP contribution in [0, 0.1) is 5.92 Å². The Labute approximate surface area is 334 Å². The minimum atomic E-state index is -1.38. The van der Waals surface area contributed by atoms with Crippen LogP contribution >= 0.6 is 11.8 Å². The zero-order chi connectivity index (χ0) is 41.9. The number of nitrogens with zero attached hydrogens (tertiary/aromatic N) is 3. The van der Waals surface area contributed by atoms with Crippen molar-refractivity contribution in [2.75, 3.05) is 18.6 Å².